The van der Waals surface area contributed by atoms with Gasteiger partial charge in [0.25, 0.3) is 0 Å². The van der Waals surface area contributed by atoms with Gasteiger partial charge in [0.2, 0.25) is 0 Å². The molecule has 37 heavy (non-hydrogen) atoms. The van der Waals surface area contributed by atoms with Gasteiger partial charge in [0.05, 0.1) is 13.0 Å². The van der Waals surface area contributed by atoms with Crippen LogP contribution >= 0.6 is 0 Å². The van der Waals surface area contributed by atoms with E-state index in [1.54, 1.807) is 42.5 Å². The van der Waals surface area contributed by atoms with Crippen LogP contribution < -0.4 is 9.47 Å². The highest BCUT2D eigenvalue weighted by Gasteiger charge is 2.40. The highest BCUT2D eigenvalue weighted by Crippen LogP contribution is 2.54. The topological polar surface area (TPSA) is 140 Å². The molecular weight excluding hydrogens is 476 g/mol. The lowest BCUT2D eigenvalue weighted by atomic mass is 9.84. The molecule has 0 amide bonds. The Morgan fingerprint density at radius 2 is 1.35 bits per heavy atom. The average molecular weight is 501 g/mol. The van der Waals surface area contributed by atoms with E-state index in [1.807, 2.05) is 0 Å². The first-order valence-corrected chi connectivity index (χ1v) is 11.4. The second kappa shape index (κ2) is 9.23. The summed E-state index contributed by atoms with van der Waals surface area (Å²) in [6, 6.07) is 16.7. The third-order valence-electron chi connectivity index (χ3n) is 6.29. The number of hydrogen-bond acceptors (Lipinski definition) is 8. The van der Waals surface area contributed by atoms with Crippen LogP contribution in [0.25, 0.3) is 12.2 Å². The number of ether oxygens (including phenoxy) is 2. The standard InChI is InChI=1S/C29H24O8/c1-36-25-9-15(4-6-22(25)33)2-3-16-8-24(35)28-26(10-16)37-29(17-5-7-21(32)23(34)13-17)27(28)18-11-19(30)14-20(31)12-18/h2-14,27,29-35H,1H3. The van der Waals surface area contributed by atoms with E-state index in [1.165, 1.54) is 43.5 Å². The number of benzene rings is 4. The van der Waals surface area contributed by atoms with Crippen LogP contribution in [-0.2, 0) is 0 Å². The van der Waals surface area contributed by atoms with Crippen molar-refractivity contribution < 1.29 is 40.1 Å². The Labute approximate surface area is 212 Å². The van der Waals surface area contributed by atoms with Crippen molar-refractivity contribution in [2.24, 2.45) is 0 Å². The molecule has 2 unspecified atom stereocenters. The van der Waals surface area contributed by atoms with Gasteiger partial charge in [0.15, 0.2) is 23.0 Å². The Hall–Kier alpha value is -4.98. The fraction of sp³-hybridized carbons (Fsp3) is 0.103. The van der Waals surface area contributed by atoms with Gasteiger partial charge >= 0.3 is 0 Å². The molecule has 1 aliphatic heterocycles. The van der Waals surface area contributed by atoms with Crippen molar-refractivity contribution in [2.45, 2.75) is 12.0 Å². The number of phenols is 6. The second-order valence-electron chi connectivity index (χ2n) is 8.76. The molecular formula is C29H24O8. The molecule has 0 bridgehead atoms. The van der Waals surface area contributed by atoms with E-state index in [4.69, 9.17) is 9.47 Å². The summed E-state index contributed by atoms with van der Waals surface area (Å²) in [7, 11) is 1.46. The van der Waals surface area contributed by atoms with E-state index in [0.29, 0.717) is 33.8 Å². The number of hydrogen-bond donors (Lipinski definition) is 6. The van der Waals surface area contributed by atoms with Gasteiger partial charge in [0.1, 0.15) is 29.1 Å². The number of fused-ring (bicyclic) bond motifs is 1. The van der Waals surface area contributed by atoms with Crippen LogP contribution in [0.15, 0.2) is 66.7 Å². The Morgan fingerprint density at radius 1 is 0.649 bits per heavy atom. The Kier molecular flexibility index (Phi) is 5.93. The third kappa shape index (κ3) is 4.52. The van der Waals surface area contributed by atoms with Crippen LogP contribution in [0.1, 0.15) is 39.8 Å². The van der Waals surface area contributed by atoms with Crippen LogP contribution in [0.5, 0.6) is 46.0 Å². The maximum atomic E-state index is 11.1. The Morgan fingerprint density at radius 3 is 2.05 bits per heavy atom. The molecule has 5 rings (SSSR count). The molecule has 8 nitrogen and oxygen atoms in total. The highest BCUT2D eigenvalue weighted by molar-refractivity contribution is 5.74. The summed E-state index contributed by atoms with van der Waals surface area (Å²) in [6.45, 7) is 0. The highest BCUT2D eigenvalue weighted by atomic mass is 16.5. The Balaban J connectivity index is 1.58. The maximum absolute atomic E-state index is 11.1. The van der Waals surface area contributed by atoms with Crippen LogP contribution in [0.2, 0.25) is 0 Å². The lowest BCUT2D eigenvalue weighted by Crippen LogP contribution is -2.11. The molecule has 0 aromatic heterocycles. The van der Waals surface area contributed by atoms with Crippen LogP contribution in [0.4, 0.5) is 0 Å². The number of phenolic OH excluding ortho intramolecular Hbond substituents is 6. The molecule has 188 valence electrons. The van der Waals surface area contributed by atoms with Crippen molar-refractivity contribution in [3.63, 3.8) is 0 Å². The van der Waals surface area contributed by atoms with Gasteiger partial charge in [-0.3, -0.25) is 0 Å². The van der Waals surface area contributed by atoms with Gasteiger partial charge in [-0.1, -0.05) is 24.3 Å². The number of methoxy groups -OCH3 is 1. The van der Waals surface area contributed by atoms with Crippen molar-refractivity contribution >= 4 is 12.2 Å². The van der Waals surface area contributed by atoms with Crippen LogP contribution in [-0.4, -0.2) is 37.7 Å². The maximum Gasteiger partial charge on any atom is 0.161 e. The molecule has 6 N–H and O–H groups in total. The van der Waals surface area contributed by atoms with E-state index < -0.39 is 12.0 Å². The SMILES string of the molecule is COc1cc(C=Cc2cc(O)c3c(c2)OC(c2ccc(O)c(O)c2)C3c2cc(O)cc(O)c2)ccc1O. The van der Waals surface area contributed by atoms with Crippen molar-refractivity contribution in [3.8, 4) is 46.0 Å². The zero-order valence-corrected chi connectivity index (χ0v) is 19.7. The molecule has 4 aromatic carbocycles. The summed E-state index contributed by atoms with van der Waals surface area (Å²) in [5.41, 5.74) is 2.86. The molecule has 1 aliphatic rings. The van der Waals surface area contributed by atoms with Gasteiger partial charge in [0, 0.05) is 11.6 Å². The molecule has 0 radical (unpaired) electrons. The van der Waals surface area contributed by atoms with Crippen molar-refractivity contribution in [1.82, 2.24) is 0 Å². The first kappa shape index (κ1) is 23.7. The molecule has 4 aromatic rings. The van der Waals surface area contributed by atoms with Gasteiger partial charge < -0.3 is 40.1 Å². The predicted octanol–water partition coefficient (Wildman–Crippen LogP) is 5.36. The molecule has 2 atom stereocenters. The minimum Gasteiger partial charge on any atom is -0.508 e. The van der Waals surface area contributed by atoms with Gasteiger partial charge in [-0.2, -0.15) is 0 Å². The van der Waals surface area contributed by atoms with E-state index in [2.05, 4.69) is 0 Å². The van der Waals surface area contributed by atoms with Crippen LogP contribution in [0.3, 0.4) is 0 Å². The van der Waals surface area contributed by atoms with Crippen LogP contribution in [0, 0.1) is 0 Å². The minimum atomic E-state index is -0.741. The van der Waals surface area contributed by atoms with E-state index >= 15 is 0 Å². The van der Waals surface area contributed by atoms with Crippen molar-refractivity contribution in [2.75, 3.05) is 7.11 Å². The average Bonchev–Trinajstić information content (AvgIpc) is 3.25. The largest absolute Gasteiger partial charge is 0.508 e. The molecule has 8 heteroatoms. The summed E-state index contributed by atoms with van der Waals surface area (Å²) in [6.07, 6.45) is 2.82. The first-order valence-electron chi connectivity index (χ1n) is 11.4. The normalized spacial score (nSPS) is 16.5. The minimum absolute atomic E-state index is 0.0264. The lowest BCUT2D eigenvalue weighted by molar-refractivity contribution is 0.221. The third-order valence-corrected chi connectivity index (χ3v) is 6.29. The number of aromatic hydroxyl groups is 6. The van der Waals surface area contributed by atoms with E-state index in [-0.39, 0.29) is 34.5 Å². The monoisotopic (exact) mass is 500 g/mol. The molecule has 1 heterocycles. The molecule has 0 saturated carbocycles. The Bertz CT molecular complexity index is 1500. The zero-order valence-electron chi connectivity index (χ0n) is 19.7. The summed E-state index contributed by atoms with van der Waals surface area (Å²) in [4.78, 5) is 0. The smallest absolute Gasteiger partial charge is 0.161 e. The molecule has 0 spiro atoms. The zero-order chi connectivity index (χ0) is 26.3. The summed E-state index contributed by atoms with van der Waals surface area (Å²) >= 11 is 0. The summed E-state index contributed by atoms with van der Waals surface area (Å²) < 4.78 is 11.4. The quantitative estimate of drug-likeness (QED) is 0.159. The summed E-state index contributed by atoms with van der Waals surface area (Å²) in [5.74, 6) is -0.876. The van der Waals surface area contributed by atoms with Gasteiger partial charge in [-0.05, 0) is 70.8 Å². The van der Waals surface area contributed by atoms with E-state index in [0.717, 1.165) is 5.56 Å². The van der Waals surface area contributed by atoms with Gasteiger partial charge in [-0.15, -0.1) is 0 Å². The second-order valence-corrected chi connectivity index (χ2v) is 8.76. The van der Waals surface area contributed by atoms with Gasteiger partial charge in [-0.25, -0.2) is 0 Å². The molecule has 0 aliphatic carbocycles. The van der Waals surface area contributed by atoms with Crippen molar-refractivity contribution in [1.29, 1.82) is 0 Å². The predicted molar refractivity (Wildman–Crippen MR) is 136 cm³/mol. The summed E-state index contributed by atoms with van der Waals surface area (Å²) in [5, 5.41) is 61.0. The fourth-order valence-electron chi connectivity index (χ4n) is 4.60. The molecule has 0 saturated heterocycles. The van der Waals surface area contributed by atoms with E-state index in [9.17, 15) is 30.6 Å². The number of rotatable bonds is 5. The first-order chi connectivity index (χ1) is 17.7. The lowest BCUT2D eigenvalue weighted by Gasteiger charge is -2.21. The molecule has 0 fully saturated rings. The van der Waals surface area contributed by atoms with Crippen molar-refractivity contribution in [3.05, 3.63) is 94.5 Å². The fourth-order valence-corrected chi connectivity index (χ4v) is 4.60.